The fraction of sp³-hybridized carbons (Fsp3) is 0.417. The number of aliphatic hydroxyl groups is 1. The Bertz CT molecular complexity index is 470. The van der Waals surface area contributed by atoms with Crippen LogP contribution in [0.3, 0.4) is 0 Å². The van der Waals surface area contributed by atoms with Crippen LogP contribution in [0.1, 0.15) is 12.5 Å². The molecule has 1 aliphatic rings. The van der Waals surface area contributed by atoms with Gasteiger partial charge < -0.3 is 10.2 Å². The van der Waals surface area contributed by atoms with Gasteiger partial charge in [0.1, 0.15) is 6.04 Å². The molecule has 0 bridgehead atoms. The first-order valence-electron chi connectivity index (χ1n) is 5.54. The van der Waals surface area contributed by atoms with Crippen LogP contribution < -0.4 is 5.32 Å². The minimum Gasteiger partial charge on any atom is -0.480 e. The number of benzene rings is 1. The zero-order chi connectivity index (χ0) is 13.3. The Morgan fingerprint density at radius 1 is 1.61 bits per heavy atom. The Kier molecular flexibility index (Phi) is 3.87. The molecule has 1 fully saturated rings. The van der Waals surface area contributed by atoms with Crippen LogP contribution in [0.25, 0.3) is 0 Å². The fourth-order valence-electron chi connectivity index (χ4n) is 1.99. The number of carboxylic acid groups (broad SMARTS) is 1. The molecule has 1 aliphatic heterocycles. The monoisotopic (exact) mass is 287 g/mol. The first-order chi connectivity index (χ1) is 8.43. The maximum Gasteiger partial charge on any atom is 0.321 e. The van der Waals surface area contributed by atoms with Crippen molar-refractivity contribution in [2.45, 2.75) is 23.9 Å². The average Bonchev–Trinajstić information content (AvgIpc) is 2.32. The highest BCUT2D eigenvalue weighted by atomic mass is 35.5. The molecule has 1 aromatic rings. The van der Waals surface area contributed by atoms with E-state index in [1.54, 1.807) is 31.2 Å². The van der Waals surface area contributed by atoms with Gasteiger partial charge in [0, 0.05) is 16.8 Å². The van der Waals surface area contributed by atoms with Crippen LogP contribution in [0.15, 0.2) is 24.3 Å². The largest absolute Gasteiger partial charge is 0.480 e. The van der Waals surface area contributed by atoms with Gasteiger partial charge in [-0.05, 0) is 24.6 Å². The van der Waals surface area contributed by atoms with Crippen LogP contribution >= 0.6 is 23.4 Å². The maximum absolute atomic E-state index is 10.9. The number of nitrogens with one attached hydrogen (secondary N) is 1. The molecule has 0 aromatic heterocycles. The van der Waals surface area contributed by atoms with Crippen molar-refractivity contribution in [3.63, 3.8) is 0 Å². The standard InChI is InChI=1S/C12H14ClNO3S/c1-7-12(17,8-3-2-4-9(13)5-8)18-6-10(14-7)11(15)16/h2-5,7,10,14,17H,6H2,1H3,(H,15,16)/t7-,10-,12+/m1/s1. The number of hydrogen-bond acceptors (Lipinski definition) is 4. The molecule has 18 heavy (non-hydrogen) atoms. The van der Waals surface area contributed by atoms with E-state index < -0.39 is 16.9 Å². The number of rotatable bonds is 2. The zero-order valence-electron chi connectivity index (χ0n) is 9.76. The summed E-state index contributed by atoms with van der Waals surface area (Å²) in [5, 5.41) is 23.1. The summed E-state index contributed by atoms with van der Waals surface area (Å²) in [6.45, 7) is 1.77. The minimum atomic E-state index is -1.16. The van der Waals surface area contributed by atoms with Crippen LogP contribution in [0.5, 0.6) is 0 Å². The number of hydrogen-bond donors (Lipinski definition) is 3. The minimum absolute atomic E-state index is 0.308. The molecule has 0 amide bonds. The molecule has 2 rings (SSSR count). The van der Waals surface area contributed by atoms with Gasteiger partial charge in [0.2, 0.25) is 0 Å². The lowest BCUT2D eigenvalue weighted by molar-refractivity contribution is -0.139. The van der Waals surface area contributed by atoms with Crippen LogP contribution in [0, 0.1) is 0 Å². The smallest absolute Gasteiger partial charge is 0.321 e. The second-order valence-corrected chi connectivity index (χ2v) is 5.98. The van der Waals surface area contributed by atoms with E-state index in [0.29, 0.717) is 16.3 Å². The quantitative estimate of drug-likeness (QED) is 0.772. The van der Waals surface area contributed by atoms with Crippen molar-refractivity contribution < 1.29 is 15.0 Å². The number of carbonyl (C=O) groups is 1. The van der Waals surface area contributed by atoms with Gasteiger partial charge >= 0.3 is 5.97 Å². The van der Waals surface area contributed by atoms with Gasteiger partial charge in [0.25, 0.3) is 0 Å². The second-order valence-electron chi connectivity index (χ2n) is 4.30. The molecule has 4 nitrogen and oxygen atoms in total. The van der Waals surface area contributed by atoms with E-state index in [9.17, 15) is 9.90 Å². The molecule has 0 radical (unpaired) electrons. The molecule has 0 saturated carbocycles. The summed E-state index contributed by atoms with van der Waals surface area (Å²) in [6.07, 6.45) is 0. The third-order valence-corrected chi connectivity index (χ3v) is 4.81. The van der Waals surface area contributed by atoms with Gasteiger partial charge in [-0.25, -0.2) is 0 Å². The Morgan fingerprint density at radius 2 is 2.33 bits per heavy atom. The summed E-state index contributed by atoms with van der Waals surface area (Å²) < 4.78 is 0. The van der Waals surface area contributed by atoms with Crippen molar-refractivity contribution in [2.24, 2.45) is 0 Å². The number of carboxylic acids is 1. The molecule has 0 unspecified atom stereocenters. The van der Waals surface area contributed by atoms with Crippen molar-refractivity contribution in [1.82, 2.24) is 5.32 Å². The van der Waals surface area contributed by atoms with Crippen LogP contribution in [-0.4, -0.2) is 34.0 Å². The number of aliphatic carboxylic acids is 1. The first-order valence-corrected chi connectivity index (χ1v) is 6.91. The van der Waals surface area contributed by atoms with E-state index in [2.05, 4.69) is 5.32 Å². The van der Waals surface area contributed by atoms with E-state index in [4.69, 9.17) is 16.7 Å². The highest BCUT2D eigenvalue weighted by Crippen LogP contribution is 2.41. The van der Waals surface area contributed by atoms with Crippen molar-refractivity contribution in [1.29, 1.82) is 0 Å². The van der Waals surface area contributed by atoms with E-state index in [0.717, 1.165) is 0 Å². The second kappa shape index (κ2) is 5.09. The van der Waals surface area contributed by atoms with Gasteiger partial charge in [0.05, 0.1) is 0 Å². The van der Waals surface area contributed by atoms with Crippen LogP contribution in [-0.2, 0) is 9.73 Å². The molecule has 1 saturated heterocycles. The van der Waals surface area contributed by atoms with Crippen LogP contribution in [0.2, 0.25) is 5.02 Å². The number of halogens is 1. The van der Waals surface area contributed by atoms with Crippen molar-refractivity contribution >= 4 is 29.3 Å². The Balaban J connectivity index is 2.25. The van der Waals surface area contributed by atoms with Gasteiger partial charge in [-0.2, -0.15) is 0 Å². The highest BCUT2D eigenvalue weighted by Gasteiger charge is 2.43. The van der Waals surface area contributed by atoms with Crippen molar-refractivity contribution in [3.05, 3.63) is 34.9 Å². The molecule has 0 aliphatic carbocycles. The van der Waals surface area contributed by atoms with Crippen molar-refractivity contribution in [2.75, 3.05) is 5.75 Å². The molecule has 1 heterocycles. The lowest BCUT2D eigenvalue weighted by Crippen LogP contribution is -2.56. The van der Waals surface area contributed by atoms with Gasteiger partial charge in [-0.15, -0.1) is 11.8 Å². The van der Waals surface area contributed by atoms with E-state index in [1.165, 1.54) is 11.8 Å². The Hall–Kier alpha value is -0.750. The normalized spacial score (nSPS) is 32.2. The van der Waals surface area contributed by atoms with E-state index in [-0.39, 0.29) is 6.04 Å². The third kappa shape index (κ3) is 2.49. The maximum atomic E-state index is 10.9. The van der Waals surface area contributed by atoms with Crippen LogP contribution in [0.4, 0.5) is 0 Å². The zero-order valence-corrected chi connectivity index (χ0v) is 11.3. The summed E-state index contributed by atoms with van der Waals surface area (Å²) in [5.41, 5.74) is 0.684. The summed E-state index contributed by atoms with van der Waals surface area (Å²) in [6, 6.07) is 5.98. The predicted octanol–water partition coefficient (Wildman–Crippen LogP) is 1.66. The molecule has 6 heteroatoms. The molecule has 3 atom stereocenters. The third-order valence-electron chi connectivity index (χ3n) is 3.04. The summed E-state index contributed by atoms with van der Waals surface area (Å²) in [7, 11) is 0. The van der Waals surface area contributed by atoms with E-state index in [1.807, 2.05) is 0 Å². The Morgan fingerprint density at radius 3 is 2.89 bits per heavy atom. The van der Waals surface area contributed by atoms with Crippen molar-refractivity contribution in [3.8, 4) is 0 Å². The lowest BCUT2D eigenvalue weighted by Gasteiger charge is -2.40. The first kappa shape index (κ1) is 13.7. The summed E-state index contributed by atoms with van der Waals surface area (Å²) in [5.74, 6) is -0.592. The number of thioether (sulfide) groups is 1. The summed E-state index contributed by atoms with van der Waals surface area (Å²) in [4.78, 5) is 9.77. The molecule has 98 valence electrons. The van der Waals surface area contributed by atoms with Gasteiger partial charge in [-0.1, -0.05) is 23.7 Å². The Labute approximate surface area is 114 Å². The summed E-state index contributed by atoms with van der Waals surface area (Å²) >= 11 is 7.14. The highest BCUT2D eigenvalue weighted by molar-refractivity contribution is 8.00. The molecular weight excluding hydrogens is 274 g/mol. The predicted molar refractivity (Wildman–Crippen MR) is 71.8 cm³/mol. The topological polar surface area (TPSA) is 69.6 Å². The average molecular weight is 288 g/mol. The van der Waals surface area contributed by atoms with Gasteiger partial charge in [0.15, 0.2) is 4.93 Å². The van der Waals surface area contributed by atoms with E-state index >= 15 is 0 Å². The molecular formula is C12H14ClNO3S. The van der Waals surface area contributed by atoms with Gasteiger partial charge in [-0.3, -0.25) is 10.1 Å². The fourth-order valence-corrected chi connectivity index (χ4v) is 3.45. The molecule has 3 N–H and O–H groups in total. The molecule has 0 spiro atoms. The molecule has 1 aromatic carbocycles. The lowest BCUT2D eigenvalue weighted by atomic mass is 10.0. The SMILES string of the molecule is C[C@H]1N[C@@H](C(=O)O)CS[C@]1(O)c1cccc(Cl)c1.